The molecule has 2 aromatic rings. The van der Waals surface area contributed by atoms with Crippen LogP contribution >= 0.6 is 0 Å². The third-order valence-corrected chi connectivity index (χ3v) is 6.29. The summed E-state index contributed by atoms with van der Waals surface area (Å²) in [6, 6.07) is 4.54. The smallest absolute Gasteiger partial charge is 0.391 e. The molecule has 4 rings (SSSR count). The molecule has 0 aromatic carbocycles. The first-order valence-electron chi connectivity index (χ1n) is 11.0. The lowest BCUT2D eigenvalue weighted by Crippen LogP contribution is -2.44. The topological polar surface area (TPSA) is 97.6 Å². The molecule has 3 heterocycles. The molecule has 178 valence electrons. The molecule has 8 nitrogen and oxygen atoms in total. The summed E-state index contributed by atoms with van der Waals surface area (Å²) in [5.41, 5.74) is 0.0650. The Morgan fingerprint density at radius 2 is 1.94 bits per heavy atom. The van der Waals surface area contributed by atoms with Crippen molar-refractivity contribution in [3.63, 3.8) is 0 Å². The third-order valence-electron chi connectivity index (χ3n) is 6.29. The van der Waals surface area contributed by atoms with Crippen LogP contribution in [0.3, 0.4) is 0 Å². The third kappa shape index (κ3) is 5.45. The van der Waals surface area contributed by atoms with E-state index < -0.39 is 18.0 Å². The van der Waals surface area contributed by atoms with E-state index in [4.69, 9.17) is 9.26 Å². The number of amides is 2. The van der Waals surface area contributed by atoms with Gasteiger partial charge in [-0.15, -0.1) is 0 Å². The fourth-order valence-corrected chi connectivity index (χ4v) is 4.52. The maximum absolute atomic E-state index is 13.0. The normalized spacial score (nSPS) is 23.4. The van der Waals surface area contributed by atoms with Crippen LogP contribution in [0.2, 0.25) is 0 Å². The number of rotatable bonds is 6. The van der Waals surface area contributed by atoms with Crippen molar-refractivity contribution >= 4 is 17.7 Å². The number of pyridine rings is 1. The van der Waals surface area contributed by atoms with Gasteiger partial charge in [-0.2, -0.15) is 13.2 Å². The number of nitrogens with one attached hydrogen (secondary N) is 1. The molecule has 1 aliphatic heterocycles. The second-order valence-electron chi connectivity index (χ2n) is 8.41. The van der Waals surface area contributed by atoms with Crippen molar-refractivity contribution in [1.82, 2.24) is 15.0 Å². The van der Waals surface area contributed by atoms with Gasteiger partial charge in [-0.3, -0.25) is 14.9 Å². The van der Waals surface area contributed by atoms with Gasteiger partial charge < -0.3 is 14.2 Å². The molecule has 2 fully saturated rings. The van der Waals surface area contributed by atoms with Crippen molar-refractivity contribution in [2.75, 3.05) is 18.5 Å². The van der Waals surface area contributed by atoms with E-state index in [1.165, 1.54) is 18.5 Å². The van der Waals surface area contributed by atoms with E-state index in [2.05, 4.69) is 15.5 Å². The Kier molecular flexibility index (Phi) is 6.85. The number of aromatic nitrogens is 2. The number of carbonyl (C=O) groups is 2. The Morgan fingerprint density at radius 3 is 2.64 bits per heavy atom. The molecule has 2 aliphatic rings. The molecular weight excluding hydrogens is 441 g/mol. The van der Waals surface area contributed by atoms with Gasteiger partial charge >= 0.3 is 6.18 Å². The summed E-state index contributed by atoms with van der Waals surface area (Å²) in [7, 11) is 0. The molecule has 11 heteroatoms. The summed E-state index contributed by atoms with van der Waals surface area (Å²) < 4.78 is 49.6. The second kappa shape index (κ2) is 9.80. The van der Waals surface area contributed by atoms with Gasteiger partial charge in [-0.05, 0) is 50.7 Å². The minimum atomic E-state index is -4.20. The fourth-order valence-electron chi connectivity index (χ4n) is 4.52. The Labute approximate surface area is 188 Å². The maximum Gasteiger partial charge on any atom is 0.391 e. The molecule has 1 atom stereocenters. The zero-order chi connectivity index (χ0) is 23.4. The lowest BCUT2D eigenvalue weighted by atomic mass is 9.81. The van der Waals surface area contributed by atoms with Crippen LogP contribution in [0.4, 0.5) is 19.1 Å². The molecule has 2 amide bonds. The Bertz CT molecular complexity index is 959. The van der Waals surface area contributed by atoms with Crippen molar-refractivity contribution < 1.29 is 32.0 Å². The van der Waals surface area contributed by atoms with Crippen LogP contribution in [0.25, 0.3) is 0 Å². The van der Waals surface area contributed by atoms with Gasteiger partial charge in [0.25, 0.3) is 5.91 Å². The van der Waals surface area contributed by atoms with E-state index in [0.29, 0.717) is 6.54 Å². The van der Waals surface area contributed by atoms with Gasteiger partial charge in [-0.1, -0.05) is 5.16 Å². The predicted molar refractivity (Wildman–Crippen MR) is 110 cm³/mol. The average molecular weight is 466 g/mol. The van der Waals surface area contributed by atoms with Crippen LogP contribution < -0.4 is 10.1 Å². The Hall–Kier alpha value is -3.11. The predicted octanol–water partition coefficient (Wildman–Crippen LogP) is 4.06. The quantitative estimate of drug-likeness (QED) is 0.690. The first-order chi connectivity index (χ1) is 15.8. The van der Waals surface area contributed by atoms with E-state index in [1.54, 1.807) is 17.0 Å². The first kappa shape index (κ1) is 23.1. The van der Waals surface area contributed by atoms with Crippen molar-refractivity contribution in [3.05, 3.63) is 36.3 Å². The van der Waals surface area contributed by atoms with Crippen LogP contribution in [0.15, 0.2) is 35.1 Å². The number of likely N-dealkylation sites (tertiary alicyclic amines) is 1. The van der Waals surface area contributed by atoms with Crippen molar-refractivity contribution in [2.24, 2.45) is 11.8 Å². The Morgan fingerprint density at radius 1 is 1.15 bits per heavy atom. The number of carbonyl (C=O) groups excluding carboxylic acids is 2. The number of halogens is 3. The largest absolute Gasteiger partial charge is 0.489 e. The highest BCUT2D eigenvalue weighted by molar-refractivity contribution is 6.03. The summed E-state index contributed by atoms with van der Waals surface area (Å²) in [5.74, 6) is -1.89. The van der Waals surface area contributed by atoms with E-state index in [1.807, 2.05) is 0 Å². The number of hydrogen-bond donors (Lipinski definition) is 1. The number of alkyl halides is 3. The van der Waals surface area contributed by atoms with Gasteiger partial charge in [0.05, 0.1) is 18.2 Å². The molecule has 1 aliphatic carbocycles. The lowest BCUT2D eigenvalue weighted by molar-refractivity contribution is -0.185. The van der Waals surface area contributed by atoms with E-state index in [-0.39, 0.29) is 67.5 Å². The number of anilines is 1. The fraction of sp³-hybridized carbons (Fsp3) is 0.545. The second-order valence-corrected chi connectivity index (χ2v) is 8.41. The summed E-state index contributed by atoms with van der Waals surface area (Å²) >= 11 is 0. The number of hydrogen-bond acceptors (Lipinski definition) is 6. The lowest BCUT2D eigenvalue weighted by Gasteiger charge is -2.33. The Balaban J connectivity index is 1.35. The van der Waals surface area contributed by atoms with Gasteiger partial charge in [0.1, 0.15) is 6.61 Å². The average Bonchev–Trinajstić information content (AvgIpc) is 3.49. The van der Waals surface area contributed by atoms with E-state index in [0.717, 1.165) is 12.8 Å². The van der Waals surface area contributed by atoms with Crippen molar-refractivity contribution in [2.45, 2.75) is 50.7 Å². The summed E-state index contributed by atoms with van der Waals surface area (Å²) in [4.78, 5) is 31.4. The van der Waals surface area contributed by atoms with Gasteiger partial charge in [-0.25, -0.2) is 4.98 Å². The standard InChI is InChI=1S/C22H25F3N4O4/c23-22(24,25)15-7-5-14(6-8-15)21(31)29-12-2-3-16(29)13-32-17-4-1-10-26-19(17)20(30)28-18-9-11-27-33-18/h1,4,9-11,14-16H,2-3,5-8,12-13H2,(H,28,30)/t14-,15-,16-/m1/s1. The van der Waals surface area contributed by atoms with Crippen molar-refractivity contribution in [1.29, 1.82) is 0 Å². The van der Waals surface area contributed by atoms with Crippen LogP contribution in [0, 0.1) is 11.8 Å². The highest BCUT2D eigenvalue weighted by Crippen LogP contribution is 2.40. The maximum atomic E-state index is 13.0. The highest BCUT2D eigenvalue weighted by atomic mass is 19.4. The van der Waals surface area contributed by atoms with Crippen LogP contribution in [0.1, 0.15) is 49.0 Å². The molecule has 1 N–H and O–H groups in total. The molecule has 1 saturated heterocycles. The summed E-state index contributed by atoms with van der Waals surface area (Å²) in [6.07, 6.45) is 0.676. The molecule has 1 saturated carbocycles. The van der Waals surface area contributed by atoms with Gasteiger partial charge in [0.15, 0.2) is 11.4 Å². The molecule has 0 unspecified atom stereocenters. The highest BCUT2D eigenvalue weighted by Gasteiger charge is 2.44. The minimum Gasteiger partial charge on any atom is -0.489 e. The zero-order valence-corrected chi connectivity index (χ0v) is 17.9. The minimum absolute atomic E-state index is 0.00570. The van der Waals surface area contributed by atoms with Crippen LogP contribution in [-0.2, 0) is 4.79 Å². The van der Waals surface area contributed by atoms with Gasteiger partial charge in [0.2, 0.25) is 11.8 Å². The monoisotopic (exact) mass is 466 g/mol. The summed E-state index contributed by atoms with van der Waals surface area (Å²) in [6.45, 7) is 0.718. The molecule has 0 spiro atoms. The van der Waals surface area contributed by atoms with Gasteiger partial charge in [0, 0.05) is 24.7 Å². The first-order valence-corrected chi connectivity index (χ1v) is 11.0. The number of nitrogens with zero attached hydrogens (tertiary/aromatic N) is 3. The molecule has 2 aromatic heterocycles. The molecule has 33 heavy (non-hydrogen) atoms. The zero-order valence-electron chi connectivity index (χ0n) is 17.9. The van der Waals surface area contributed by atoms with E-state index in [9.17, 15) is 22.8 Å². The van der Waals surface area contributed by atoms with Crippen molar-refractivity contribution in [3.8, 4) is 5.75 Å². The SMILES string of the molecule is O=C(Nc1ccno1)c1ncccc1OC[C@H]1CCCN1C(=O)[C@H]1CC[C@H](C(F)(F)F)CC1. The van der Waals surface area contributed by atoms with E-state index >= 15 is 0 Å². The van der Waals surface area contributed by atoms with Crippen LogP contribution in [0.5, 0.6) is 5.75 Å². The molecule has 0 bridgehead atoms. The number of ether oxygens (including phenoxy) is 1. The molecule has 0 radical (unpaired) electrons. The van der Waals surface area contributed by atoms with Crippen LogP contribution in [-0.4, -0.2) is 52.2 Å². The summed E-state index contributed by atoms with van der Waals surface area (Å²) in [5, 5.41) is 6.06. The molecular formula is C22H25F3N4O4.